The summed E-state index contributed by atoms with van der Waals surface area (Å²) in [4.78, 5) is 0. The van der Waals surface area contributed by atoms with E-state index in [1.54, 1.807) is 0 Å². The van der Waals surface area contributed by atoms with Gasteiger partial charge in [-0.15, -0.1) is 5.10 Å². The molecule has 0 aromatic carbocycles. The van der Waals surface area contributed by atoms with Crippen LogP contribution < -0.4 is 0 Å². The second-order valence-corrected chi connectivity index (χ2v) is 5.77. The van der Waals surface area contributed by atoms with E-state index in [9.17, 15) is 0 Å². The fourth-order valence-electron chi connectivity index (χ4n) is 1.74. The Morgan fingerprint density at radius 2 is 2.06 bits per heavy atom. The molecule has 0 amide bonds. The molecule has 0 fully saturated rings. The van der Waals surface area contributed by atoms with Gasteiger partial charge in [-0.25, -0.2) is 4.68 Å². The first-order chi connectivity index (χ1) is 7.59. The Morgan fingerprint density at radius 1 is 1.31 bits per heavy atom. The third-order valence-electron chi connectivity index (χ3n) is 2.60. The lowest BCUT2D eigenvalue weighted by Gasteiger charge is -2.08. The molecule has 0 aliphatic carbocycles. The topological polar surface area (TPSA) is 30.7 Å². The van der Waals surface area contributed by atoms with Crippen molar-refractivity contribution in [3.8, 4) is 0 Å². The highest BCUT2D eigenvalue weighted by Gasteiger charge is 2.06. The van der Waals surface area contributed by atoms with Crippen LogP contribution in [0.15, 0.2) is 6.20 Å². The number of aryl methyl sites for hydroxylation is 1. The summed E-state index contributed by atoms with van der Waals surface area (Å²) in [6.45, 7) is 7.62. The van der Waals surface area contributed by atoms with Crippen molar-refractivity contribution in [3.05, 3.63) is 11.9 Å². The van der Waals surface area contributed by atoms with Gasteiger partial charge in [0.1, 0.15) is 0 Å². The molecular weight excluding hydrogens is 218 g/mol. The van der Waals surface area contributed by atoms with Crippen LogP contribution >= 0.6 is 12.6 Å². The average molecular weight is 241 g/mol. The van der Waals surface area contributed by atoms with E-state index in [1.165, 1.54) is 25.0 Å². The molecule has 0 N–H and O–H groups in total. The molecule has 3 nitrogen and oxygen atoms in total. The van der Waals surface area contributed by atoms with Gasteiger partial charge in [0, 0.05) is 18.2 Å². The van der Waals surface area contributed by atoms with E-state index in [4.69, 9.17) is 0 Å². The molecule has 4 heteroatoms. The van der Waals surface area contributed by atoms with Crippen molar-refractivity contribution in [1.29, 1.82) is 0 Å². The number of hydrogen-bond acceptors (Lipinski definition) is 3. The SMILES string of the molecule is CC(C)CCCCn1nncc1CC(C)S. The molecular formula is C12H23N3S. The first-order valence-corrected chi connectivity index (χ1v) is 6.66. The molecule has 16 heavy (non-hydrogen) atoms. The summed E-state index contributed by atoms with van der Waals surface area (Å²) >= 11 is 4.40. The molecule has 0 bridgehead atoms. The van der Waals surface area contributed by atoms with Crippen molar-refractivity contribution < 1.29 is 0 Å². The second kappa shape index (κ2) is 6.94. The predicted octanol–water partition coefficient (Wildman–Crippen LogP) is 2.97. The van der Waals surface area contributed by atoms with Gasteiger partial charge < -0.3 is 0 Å². The number of aromatic nitrogens is 3. The molecule has 0 spiro atoms. The summed E-state index contributed by atoms with van der Waals surface area (Å²) in [6.07, 6.45) is 6.56. The zero-order valence-corrected chi connectivity index (χ0v) is 11.5. The van der Waals surface area contributed by atoms with Crippen LogP contribution in [0.5, 0.6) is 0 Å². The molecule has 0 aliphatic heterocycles. The number of hydrogen-bond donors (Lipinski definition) is 1. The Labute approximate surface area is 104 Å². The fourth-order valence-corrected chi connectivity index (χ4v) is 1.93. The maximum Gasteiger partial charge on any atom is 0.0725 e. The molecule has 0 saturated heterocycles. The lowest BCUT2D eigenvalue weighted by molar-refractivity contribution is 0.476. The molecule has 0 radical (unpaired) electrons. The minimum absolute atomic E-state index is 0.368. The molecule has 1 rings (SSSR count). The van der Waals surface area contributed by atoms with E-state index in [-0.39, 0.29) is 0 Å². The van der Waals surface area contributed by atoms with Gasteiger partial charge in [0.05, 0.1) is 11.9 Å². The van der Waals surface area contributed by atoms with Crippen molar-refractivity contribution in [1.82, 2.24) is 15.0 Å². The highest BCUT2D eigenvalue weighted by Crippen LogP contribution is 2.10. The van der Waals surface area contributed by atoms with Crippen LogP contribution in [0.3, 0.4) is 0 Å². The van der Waals surface area contributed by atoms with Gasteiger partial charge in [0.2, 0.25) is 0 Å². The lowest BCUT2D eigenvalue weighted by atomic mass is 10.1. The third-order valence-corrected chi connectivity index (χ3v) is 2.79. The summed E-state index contributed by atoms with van der Waals surface area (Å²) < 4.78 is 2.02. The van der Waals surface area contributed by atoms with E-state index in [0.29, 0.717) is 5.25 Å². The van der Waals surface area contributed by atoms with Crippen molar-refractivity contribution in [3.63, 3.8) is 0 Å². The number of rotatable bonds is 7. The van der Waals surface area contributed by atoms with E-state index < -0.39 is 0 Å². The van der Waals surface area contributed by atoms with Crippen LogP contribution in [-0.4, -0.2) is 20.2 Å². The minimum atomic E-state index is 0.368. The summed E-state index contributed by atoms with van der Waals surface area (Å²) in [6, 6.07) is 0. The van der Waals surface area contributed by atoms with Gasteiger partial charge in [0.25, 0.3) is 0 Å². The van der Waals surface area contributed by atoms with E-state index in [0.717, 1.165) is 18.9 Å². The first kappa shape index (κ1) is 13.6. The molecule has 1 aromatic heterocycles. The molecule has 0 saturated carbocycles. The maximum atomic E-state index is 4.40. The largest absolute Gasteiger partial charge is 0.249 e. The van der Waals surface area contributed by atoms with Gasteiger partial charge in [0.15, 0.2) is 0 Å². The molecule has 1 heterocycles. The van der Waals surface area contributed by atoms with Crippen molar-refractivity contribution in [2.45, 2.75) is 58.2 Å². The van der Waals surface area contributed by atoms with Crippen LogP contribution in [0.4, 0.5) is 0 Å². The highest BCUT2D eigenvalue weighted by atomic mass is 32.1. The number of unbranched alkanes of at least 4 members (excludes halogenated alkanes) is 1. The zero-order valence-electron chi connectivity index (χ0n) is 10.6. The normalized spacial score (nSPS) is 13.3. The minimum Gasteiger partial charge on any atom is -0.249 e. The van der Waals surface area contributed by atoms with Crippen LogP contribution in [0, 0.1) is 5.92 Å². The van der Waals surface area contributed by atoms with Gasteiger partial charge >= 0.3 is 0 Å². The van der Waals surface area contributed by atoms with Crippen molar-refractivity contribution in [2.75, 3.05) is 0 Å². The summed E-state index contributed by atoms with van der Waals surface area (Å²) in [5.41, 5.74) is 1.20. The molecule has 92 valence electrons. The Hall–Kier alpha value is -0.510. The van der Waals surface area contributed by atoms with E-state index in [2.05, 4.69) is 43.7 Å². The summed E-state index contributed by atoms with van der Waals surface area (Å²) in [5.74, 6) is 0.799. The van der Waals surface area contributed by atoms with Gasteiger partial charge in [-0.3, -0.25) is 0 Å². The Kier molecular flexibility index (Phi) is 5.88. The summed E-state index contributed by atoms with van der Waals surface area (Å²) in [7, 11) is 0. The zero-order chi connectivity index (χ0) is 12.0. The first-order valence-electron chi connectivity index (χ1n) is 6.15. The van der Waals surface area contributed by atoms with E-state index >= 15 is 0 Å². The number of nitrogens with zero attached hydrogens (tertiary/aromatic N) is 3. The van der Waals surface area contributed by atoms with Gasteiger partial charge in [-0.05, 0) is 12.3 Å². The third kappa shape index (κ3) is 5.01. The van der Waals surface area contributed by atoms with E-state index in [1.807, 2.05) is 10.9 Å². The Morgan fingerprint density at radius 3 is 2.69 bits per heavy atom. The second-order valence-electron chi connectivity index (χ2n) is 4.89. The van der Waals surface area contributed by atoms with Gasteiger partial charge in [-0.1, -0.05) is 38.8 Å². The molecule has 1 aromatic rings. The molecule has 1 atom stereocenters. The van der Waals surface area contributed by atoms with Crippen LogP contribution in [0.2, 0.25) is 0 Å². The highest BCUT2D eigenvalue weighted by molar-refractivity contribution is 7.80. The van der Waals surface area contributed by atoms with Gasteiger partial charge in [-0.2, -0.15) is 12.6 Å². The molecule has 1 unspecified atom stereocenters. The maximum absolute atomic E-state index is 4.40. The Balaban J connectivity index is 2.33. The standard InChI is InChI=1S/C12H23N3S/c1-10(2)6-4-5-7-15-12(8-11(3)16)9-13-14-15/h9-11,16H,4-8H2,1-3H3. The Bertz CT molecular complexity index is 294. The van der Waals surface area contributed by atoms with Crippen LogP contribution in [0.1, 0.15) is 45.7 Å². The smallest absolute Gasteiger partial charge is 0.0725 e. The predicted molar refractivity (Wildman–Crippen MR) is 70.9 cm³/mol. The molecule has 0 aliphatic rings. The van der Waals surface area contributed by atoms with Crippen LogP contribution in [0.25, 0.3) is 0 Å². The van der Waals surface area contributed by atoms with Crippen LogP contribution in [-0.2, 0) is 13.0 Å². The van der Waals surface area contributed by atoms with Crippen molar-refractivity contribution in [2.24, 2.45) is 5.92 Å². The number of thiol groups is 1. The quantitative estimate of drug-likeness (QED) is 0.588. The summed E-state index contributed by atoms with van der Waals surface area (Å²) in [5, 5.41) is 8.46. The lowest BCUT2D eigenvalue weighted by Crippen LogP contribution is -2.09. The average Bonchev–Trinajstić information content (AvgIpc) is 2.59. The fraction of sp³-hybridized carbons (Fsp3) is 0.833. The van der Waals surface area contributed by atoms with Crippen molar-refractivity contribution >= 4 is 12.6 Å². The monoisotopic (exact) mass is 241 g/mol.